The van der Waals surface area contributed by atoms with E-state index in [9.17, 15) is 0 Å². The summed E-state index contributed by atoms with van der Waals surface area (Å²) < 4.78 is 3.95. The minimum atomic E-state index is -0.104. The topological polar surface area (TPSA) is 74.5 Å². The van der Waals surface area contributed by atoms with E-state index in [1.807, 2.05) is 9.36 Å². The van der Waals surface area contributed by atoms with Gasteiger partial charge in [0.2, 0.25) is 0 Å². The van der Waals surface area contributed by atoms with Crippen LogP contribution >= 0.6 is 0 Å². The van der Waals surface area contributed by atoms with E-state index >= 15 is 0 Å². The predicted molar refractivity (Wildman–Crippen MR) is 82.8 cm³/mol. The Balaban J connectivity index is 2.16. The Morgan fingerprint density at radius 1 is 1.24 bits per heavy atom. The Hall–Kier alpha value is -1.69. The molecule has 2 rings (SSSR count). The molecule has 116 valence electrons. The fraction of sp³-hybridized carbons (Fsp3) is 0.667. The van der Waals surface area contributed by atoms with Crippen LogP contribution in [0.15, 0.2) is 12.4 Å². The minimum absolute atomic E-state index is 0.104. The maximum absolute atomic E-state index is 6.39. The molecule has 0 saturated carbocycles. The van der Waals surface area contributed by atoms with Crippen molar-refractivity contribution in [2.75, 3.05) is 0 Å². The maximum atomic E-state index is 6.39. The van der Waals surface area contributed by atoms with Crippen LogP contribution in [0.5, 0.6) is 0 Å². The van der Waals surface area contributed by atoms with Crippen LogP contribution in [0.3, 0.4) is 0 Å². The molecule has 1 unspecified atom stereocenters. The molecule has 2 heterocycles. The minimum Gasteiger partial charge on any atom is -0.322 e. The number of aromatic nitrogens is 5. The van der Waals surface area contributed by atoms with E-state index in [0.717, 1.165) is 36.7 Å². The summed E-state index contributed by atoms with van der Waals surface area (Å²) in [6, 6.07) is 2.00. The molecule has 0 aliphatic carbocycles. The summed E-state index contributed by atoms with van der Waals surface area (Å²) in [4.78, 5) is 4.36. The molecular weight excluding hydrogens is 264 g/mol. The molecule has 0 spiro atoms. The second kappa shape index (κ2) is 6.85. The second-order valence-corrected chi connectivity index (χ2v) is 5.79. The fourth-order valence-electron chi connectivity index (χ4n) is 2.46. The largest absolute Gasteiger partial charge is 0.322 e. The molecule has 2 aromatic heterocycles. The lowest BCUT2D eigenvalue weighted by atomic mass is 10.1. The van der Waals surface area contributed by atoms with Gasteiger partial charge in [0.1, 0.15) is 12.2 Å². The highest BCUT2D eigenvalue weighted by molar-refractivity contribution is 5.15. The van der Waals surface area contributed by atoms with Gasteiger partial charge in [-0.3, -0.25) is 4.68 Å². The molecule has 0 radical (unpaired) electrons. The van der Waals surface area contributed by atoms with E-state index in [-0.39, 0.29) is 6.04 Å². The average Bonchev–Trinajstić information content (AvgIpc) is 3.05. The van der Waals surface area contributed by atoms with Crippen molar-refractivity contribution in [2.24, 2.45) is 11.7 Å². The van der Waals surface area contributed by atoms with E-state index in [0.29, 0.717) is 12.3 Å². The molecule has 0 fully saturated rings. The highest BCUT2D eigenvalue weighted by atomic mass is 15.3. The molecule has 1 atom stereocenters. The lowest BCUT2D eigenvalue weighted by Gasteiger charge is -2.14. The van der Waals surface area contributed by atoms with Crippen LogP contribution in [0.1, 0.15) is 50.9 Å². The van der Waals surface area contributed by atoms with Crippen molar-refractivity contribution >= 4 is 0 Å². The summed E-state index contributed by atoms with van der Waals surface area (Å²) in [6.07, 6.45) is 3.22. The number of hydrogen-bond donors (Lipinski definition) is 1. The molecule has 0 amide bonds. The summed E-state index contributed by atoms with van der Waals surface area (Å²) in [5.41, 5.74) is 8.55. The zero-order valence-electron chi connectivity index (χ0n) is 13.5. The highest BCUT2D eigenvalue weighted by Crippen LogP contribution is 2.17. The molecule has 2 aromatic rings. The van der Waals surface area contributed by atoms with Crippen LogP contribution in [0.4, 0.5) is 0 Å². The van der Waals surface area contributed by atoms with E-state index in [4.69, 9.17) is 5.73 Å². The van der Waals surface area contributed by atoms with Crippen molar-refractivity contribution in [1.29, 1.82) is 0 Å². The normalized spacial score (nSPS) is 13.0. The van der Waals surface area contributed by atoms with Gasteiger partial charge in [0.15, 0.2) is 0 Å². The van der Waals surface area contributed by atoms with Gasteiger partial charge in [-0.15, -0.1) is 0 Å². The van der Waals surface area contributed by atoms with Crippen LogP contribution in [0.25, 0.3) is 0 Å². The van der Waals surface area contributed by atoms with Gasteiger partial charge in [-0.05, 0) is 25.3 Å². The second-order valence-electron chi connectivity index (χ2n) is 5.79. The van der Waals surface area contributed by atoms with Crippen molar-refractivity contribution in [3.05, 3.63) is 29.6 Å². The first-order valence-electron chi connectivity index (χ1n) is 7.74. The van der Waals surface area contributed by atoms with Gasteiger partial charge >= 0.3 is 0 Å². The van der Waals surface area contributed by atoms with E-state index in [1.165, 1.54) is 0 Å². The number of nitrogens with zero attached hydrogens (tertiary/aromatic N) is 5. The Labute approximate surface area is 126 Å². The van der Waals surface area contributed by atoms with Crippen molar-refractivity contribution < 1.29 is 0 Å². The van der Waals surface area contributed by atoms with Gasteiger partial charge < -0.3 is 5.73 Å². The summed E-state index contributed by atoms with van der Waals surface area (Å²) in [5, 5.41) is 8.86. The first-order valence-corrected chi connectivity index (χ1v) is 7.74. The molecule has 0 aliphatic rings. The number of hydrogen-bond acceptors (Lipinski definition) is 4. The van der Waals surface area contributed by atoms with Gasteiger partial charge in [-0.25, -0.2) is 9.67 Å². The number of rotatable bonds is 7. The lowest BCUT2D eigenvalue weighted by molar-refractivity contribution is 0.455. The number of aryl methyl sites for hydroxylation is 2. The van der Waals surface area contributed by atoms with Crippen LogP contribution in [-0.4, -0.2) is 24.5 Å². The van der Waals surface area contributed by atoms with Crippen molar-refractivity contribution in [3.63, 3.8) is 0 Å². The van der Waals surface area contributed by atoms with E-state index in [1.54, 1.807) is 6.33 Å². The molecule has 21 heavy (non-hydrogen) atoms. The van der Waals surface area contributed by atoms with Gasteiger partial charge in [0.25, 0.3) is 0 Å². The van der Waals surface area contributed by atoms with Crippen LogP contribution in [0.2, 0.25) is 0 Å². The average molecular weight is 290 g/mol. The molecule has 0 aliphatic heterocycles. The third-order valence-corrected chi connectivity index (χ3v) is 3.54. The Morgan fingerprint density at radius 2 is 2.00 bits per heavy atom. The molecular formula is C15H26N6. The van der Waals surface area contributed by atoms with Crippen molar-refractivity contribution in [1.82, 2.24) is 24.5 Å². The maximum Gasteiger partial charge on any atom is 0.138 e. The molecule has 0 aromatic carbocycles. The van der Waals surface area contributed by atoms with Gasteiger partial charge in [0, 0.05) is 19.5 Å². The number of nitrogens with two attached hydrogens (primary N) is 1. The van der Waals surface area contributed by atoms with Crippen LogP contribution < -0.4 is 5.73 Å². The summed E-state index contributed by atoms with van der Waals surface area (Å²) in [5.74, 6) is 1.48. The fourth-order valence-corrected chi connectivity index (χ4v) is 2.46. The smallest absolute Gasteiger partial charge is 0.138 e. The van der Waals surface area contributed by atoms with Gasteiger partial charge in [0.05, 0.1) is 17.4 Å². The molecule has 6 heteroatoms. The van der Waals surface area contributed by atoms with E-state index in [2.05, 4.69) is 48.9 Å². The monoisotopic (exact) mass is 290 g/mol. The first kappa shape index (κ1) is 15.7. The third kappa shape index (κ3) is 3.69. The lowest BCUT2D eigenvalue weighted by Crippen LogP contribution is -2.21. The zero-order chi connectivity index (χ0) is 15.4. The van der Waals surface area contributed by atoms with E-state index < -0.39 is 0 Å². The predicted octanol–water partition coefficient (Wildman–Crippen LogP) is 1.96. The third-order valence-electron chi connectivity index (χ3n) is 3.54. The molecule has 0 bridgehead atoms. The zero-order valence-corrected chi connectivity index (χ0v) is 13.5. The molecule has 6 nitrogen and oxygen atoms in total. The Kier molecular flexibility index (Phi) is 5.12. The molecule has 0 saturated heterocycles. The van der Waals surface area contributed by atoms with Crippen LogP contribution in [-0.2, 0) is 25.9 Å². The Bertz CT molecular complexity index is 568. The van der Waals surface area contributed by atoms with Gasteiger partial charge in [-0.1, -0.05) is 20.8 Å². The Morgan fingerprint density at radius 3 is 2.62 bits per heavy atom. The first-order chi connectivity index (χ1) is 10.0. The van der Waals surface area contributed by atoms with Gasteiger partial charge in [-0.2, -0.15) is 10.2 Å². The highest BCUT2D eigenvalue weighted by Gasteiger charge is 2.17. The summed E-state index contributed by atoms with van der Waals surface area (Å²) in [7, 11) is 0. The standard InChI is InChI=1S/C15H26N6/c1-5-12-7-14(20(6-2)19-12)13(16)8-15-17-10-18-21(15)9-11(3)4/h7,10-11,13H,5-6,8-9,16H2,1-4H3. The summed E-state index contributed by atoms with van der Waals surface area (Å²) >= 11 is 0. The SMILES string of the molecule is CCc1cc(C(N)Cc2ncnn2CC(C)C)n(CC)n1. The van der Waals surface area contributed by atoms with Crippen molar-refractivity contribution in [2.45, 2.75) is 59.7 Å². The molecule has 2 N–H and O–H groups in total. The quantitative estimate of drug-likeness (QED) is 0.846. The van der Waals surface area contributed by atoms with Crippen molar-refractivity contribution in [3.8, 4) is 0 Å². The summed E-state index contributed by atoms with van der Waals surface area (Å²) in [6.45, 7) is 10.2. The van der Waals surface area contributed by atoms with Crippen LogP contribution in [0, 0.1) is 5.92 Å².